The number of hydrogen-bond donors (Lipinski definition) is 1. The lowest BCUT2D eigenvalue weighted by molar-refractivity contribution is -0.384. The summed E-state index contributed by atoms with van der Waals surface area (Å²) in [5.74, 6) is 5.51. The third kappa shape index (κ3) is 3.19. The van der Waals surface area contributed by atoms with E-state index in [4.69, 9.17) is 0 Å². The van der Waals surface area contributed by atoms with Gasteiger partial charge in [-0.2, -0.15) is 0 Å². The predicted octanol–water partition coefficient (Wildman–Crippen LogP) is 0.978. The van der Waals surface area contributed by atoms with E-state index in [-0.39, 0.29) is 11.3 Å². The summed E-state index contributed by atoms with van der Waals surface area (Å²) in [5.41, 5.74) is 0.591. The van der Waals surface area contributed by atoms with E-state index in [1.165, 1.54) is 18.2 Å². The zero-order valence-corrected chi connectivity index (χ0v) is 8.69. The molecule has 0 unspecified atom stereocenters. The summed E-state index contributed by atoms with van der Waals surface area (Å²) in [6, 6.07) is 4.08. The van der Waals surface area contributed by atoms with Gasteiger partial charge in [-0.3, -0.25) is 14.9 Å². The Hall–Kier alpha value is -2.19. The van der Waals surface area contributed by atoms with Gasteiger partial charge in [0.2, 0.25) is 0 Å². The minimum absolute atomic E-state index is 0.127. The number of hydrogen-bond acceptors (Lipinski definition) is 4. The van der Waals surface area contributed by atoms with Crippen LogP contribution in [0.3, 0.4) is 0 Å². The van der Waals surface area contributed by atoms with Crippen molar-refractivity contribution >= 4 is 12.0 Å². The Bertz CT molecular complexity index is 472. The van der Waals surface area contributed by atoms with Gasteiger partial charge < -0.3 is 5.32 Å². The molecule has 0 aliphatic heterocycles. The molecular formula is C11H10N2O3. The zero-order valence-electron chi connectivity index (χ0n) is 8.69. The standard InChI is InChI=1S/C11H10N2O3/c1-12-4-2-3-9-5-10(8-14)7-11(6-9)13(15)16/h5-8,12H,4H2,1H3. The highest BCUT2D eigenvalue weighted by Crippen LogP contribution is 2.15. The van der Waals surface area contributed by atoms with Crippen LogP contribution in [0.1, 0.15) is 15.9 Å². The Morgan fingerprint density at radius 3 is 2.81 bits per heavy atom. The van der Waals surface area contributed by atoms with Crippen molar-refractivity contribution in [1.29, 1.82) is 0 Å². The molecule has 0 radical (unpaired) electrons. The average Bonchev–Trinajstić information content (AvgIpc) is 2.29. The van der Waals surface area contributed by atoms with Gasteiger partial charge in [-0.15, -0.1) is 0 Å². The third-order valence-electron chi connectivity index (χ3n) is 1.78. The van der Waals surface area contributed by atoms with Crippen molar-refractivity contribution in [3.8, 4) is 11.8 Å². The van der Waals surface area contributed by atoms with Crippen molar-refractivity contribution in [3.05, 3.63) is 39.4 Å². The highest BCUT2D eigenvalue weighted by atomic mass is 16.6. The Morgan fingerprint density at radius 2 is 2.25 bits per heavy atom. The van der Waals surface area contributed by atoms with Gasteiger partial charge in [0.05, 0.1) is 11.5 Å². The number of nitrogens with one attached hydrogen (secondary N) is 1. The first-order valence-corrected chi connectivity index (χ1v) is 4.55. The van der Waals surface area contributed by atoms with Crippen LogP contribution in [0, 0.1) is 22.0 Å². The Balaban J connectivity index is 3.10. The number of rotatable bonds is 3. The molecule has 1 aromatic carbocycles. The summed E-state index contributed by atoms with van der Waals surface area (Å²) in [6.45, 7) is 0.485. The van der Waals surface area contributed by atoms with E-state index in [0.717, 1.165) is 0 Å². The van der Waals surface area contributed by atoms with E-state index in [0.29, 0.717) is 18.4 Å². The fourth-order valence-electron chi connectivity index (χ4n) is 1.11. The molecular weight excluding hydrogens is 208 g/mol. The highest BCUT2D eigenvalue weighted by Gasteiger charge is 2.08. The normalized spacial score (nSPS) is 9.06. The zero-order chi connectivity index (χ0) is 12.0. The van der Waals surface area contributed by atoms with E-state index in [1.807, 2.05) is 0 Å². The smallest absolute Gasteiger partial charge is 0.271 e. The second kappa shape index (κ2) is 5.63. The van der Waals surface area contributed by atoms with Gasteiger partial charge in [0, 0.05) is 23.3 Å². The Labute approximate surface area is 92.6 Å². The number of carbonyl (C=O) groups excluding carboxylic acids is 1. The van der Waals surface area contributed by atoms with E-state index in [1.54, 1.807) is 7.05 Å². The molecule has 1 N–H and O–H groups in total. The van der Waals surface area contributed by atoms with Gasteiger partial charge in [-0.25, -0.2) is 0 Å². The number of carbonyl (C=O) groups is 1. The number of benzene rings is 1. The molecule has 0 spiro atoms. The fraction of sp³-hybridized carbons (Fsp3) is 0.182. The maximum absolute atomic E-state index is 10.6. The summed E-state index contributed by atoms with van der Waals surface area (Å²) in [6.07, 6.45) is 0.566. The number of nitro groups is 1. The molecule has 0 heterocycles. The summed E-state index contributed by atoms with van der Waals surface area (Å²) in [5, 5.41) is 13.4. The molecule has 0 saturated carbocycles. The molecule has 0 aromatic heterocycles. The van der Waals surface area contributed by atoms with Crippen LogP contribution < -0.4 is 5.32 Å². The lowest BCUT2D eigenvalue weighted by atomic mass is 10.1. The van der Waals surface area contributed by atoms with Crippen LogP contribution in [0.4, 0.5) is 5.69 Å². The monoisotopic (exact) mass is 218 g/mol. The summed E-state index contributed by atoms with van der Waals surface area (Å²) in [4.78, 5) is 20.6. The van der Waals surface area contributed by atoms with Gasteiger partial charge in [0.15, 0.2) is 0 Å². The van der Waals surface area contributed by atoms with Crippen LogP contribution >= 0.6 is 0 Å². The number of aldehydes is 1. The topological polar surface area (TPSA) is 72.2 Å². The van der Waals surface area contributed by atoms with Gasteiger partial charge in [-0.1, -0.05) is 11.8 Å². The SMILES string of the molecule is CNCC#Cc1cc(C=O)cc([N+](=O)[O-])c1. The van der Waals surface area contributed by atoms with Crippen molar-refractivity contribution in [2.45, 2.75) is 0 Å². The van der Waals surface area contributed by atoms with Gasteiger partial charge >= 0.3 is 0 Å². The van der Waals surface area contributed by atoms with Gasteiger partial charge in [-0.05, 0) is 13.1 Å². The largest absolute Gasteiger partial charge is 0.309 e. The lowest BCUT2D eigenvalue weighted by Crippen LogP contribution is -2.04. The first-order valence-electron chi connectivity index (χ1n) is 4.55. The van der Waals surface area contributed by atoms with E-state index in [2.05, 4.69) is 17.2 Å². The van der Waals surface area contributed by atoms with E-state index < -0.39 is 4.92 Å². The van der Waals surface area contributed by atoms with Crippen LogP contribution in [0.2, 0.25) is 0 Å². The molecule has 5 nitrogen and oxygen atoms in total. The lowest BCUT2D eigenvalue weighted by Gasteiger charge is -1.95. The molecule has 5 heteroatoms. The molecule has 82 valence electrons. The Morgan fingerprint density at radius 1 is 1.50 bits per heavy atom. The number of nitrogens with zero attached hydrogens (tertiary/aromatic N) is 1. The molecule has 16 heavy (non-hydrogen) atoms. The minimum atomic E-state index is -0.545. The maximum atomic E-state index is 10.6. The van der Waals surface area contributed by atoms with Crippen LogP contribution in [-0.2, 0) is 0 Å². The number of non-ortho nitro benzene ring substituents is 1. The summed E-state index contributed by atoms with van der Waals surface area (Å²) in [7, 11) is 1.75. The molecule has 0 aliphatic rings. The second-order valence-corrected chi connectivity index (χ2v) is 3.02. The molecule has 0 atom stereocenters. The predicted molar refractivity (Wildman–Crippen MR) is 59.3 cm³/mol. The first kappa shape index (κ1) is 11.9. The fourth-order valence-corrected chi connectivity index (χ4v) is 1.11. The van der Waals surface area contributed by atoms with Crippen LogP contribution in [0.5, 0.6) is 0 Å². The van der Waals surface area contributed by atoms with Crippen LogP contribution in [0.15, 0.2) is 18.2 Å². The minimum Gasteiger partial charge on any atom is -0.309 e. The van der Waals surface area contributed by atoms with E-state index in [9.17, 15) is 14.9 Å². The van der Waals surface area contributed by atoms with Crippen molar-refractivity contribution in [2.24, 2.45) is 0 Å². The third-order valence-corrected chi connectivity index (χ3v) is 1.78. The first-order chi connectivity index (χ1) is 7.67. The Kier molecular flexibility index (Phi) is 4.18. The van der Waals surface area contributed by atoms with Crippen LogP contribution in [0.25, 0.3) is 0 Å². The van der Waals surface area contributed by atoms with Gasteiger partial charge in [0.1, 0.15) is 6.29 Å². The van der Waals surface area contributed by atoms with Crippen molar-refractivity contribution < 1.29 is 9.72 Å². The highest BCUT2D eigenvalue weighted by molar-refractivity contribution is 5.77. The second-order valence-electron chi connectivity index (χ2n) is 3.02. The molecule has 0 amide bonds. The molecule has 0 saturated heterocycles. The van der Waals surface area contributed by atoms with Crippen molar-refractivity contribution in [1.82, 2.24) is 5.32 Å². The average molecular weight is 218 g/mol. The maximum Gasteiger partial charge on any atom is 0.271 e. The molecule has 0 bridgehead atoms. The van der Waals surface area contributed by atoms with E-state index >= 15 is 0 Å². The summed E-state index contributed by atoms with van der Waals surface area (Å²) < 4.78 is 0. The molecule has 1 rings (SSSR count). The molecule has 0 aliphatic carbocycles. The summed E-state index contributed by atoms with van der Waals surface area (Å²) >= 11 is 0. The van der Waals surface area contributed by atoms with Crippen molar-refractivity contribution in [3.63, 3.8) is 0 Å². The van der Waals surface area contributed by atoms with Crippen molar-refractivity contribution in [2.75, 3.05) is 13.6 Å². The van der Waals surface area contributed by atoms with Gasteiger partial charge in [0.25, 0.3) is 5.69 Å². The molecule has 1 aromatic rings. The molecule has 0 fully saturated rings. The van der Waals surface area contributed by atoms with Crippen LogP contribution in [-0.4, -0.2) is 24.8 Å². The number of nitro benzene ring substituents is 1. The quantitative estimate of drug-likeness (QED) is 0.355.